The van der Waals surface area contributed by atoms with Crippen LogP contribution in [0.5, 0.6) is 0 Å². The minimum atomic E-state index is 0.115. The number of aromatic nitrogens is 2. The summed E-state index contributed by atoms with van der Waals surface area (Å²) in [7, 11) is 1.87. The van der Waals surface area contributed by atoms with Crippen LogP contribution in [0.4, 0.5) is 0 Å². The molecular formula is C20H21N3O. The quantitative estimate of drug-likeness (QED) is 0.721. The molecule has 1 aliphatic carbocycles. The highest BCUT2D eigenvalue weighted by Crippen LogP contribution is 2.40. The number of likely N-dealkylation sites (N-methyl/N-ethyl adjacent to an activating group) is 1. The van der Waals surface area contributed by atoms with E-state index < -0.39 is 0 Å². The summed E-state index contributed by atoms with van der Waals surface area (Å²) in [5.41, 5.74) is 3.19. The Morgan fingerprint density at radius 3 is 2.58 bits per heavy atom. The standard InChI is InChI=1S/C20H21N3O/c1-22(13-15-7-3-2-4-8-15)19(24)14-23-18-10-6-5-9-17(18)21-20(23)16-11-12-16/h2-10,16H,11-14H2,1H3. The van der Waals surface area contributed by atoms with Crippen LogP contribution >= 0.6 is 0 Å². The van der Waals surface area contributed by atoms with E-state index in [1.807, 2.05) is 55.6 Å². The smallest absolute Gasteiger partial charge is 0.242 e. The summed E-state index contributed by atoms with van der Waals surface area (Å²) in [6.45, 7) is 0.987. The molecule has 0 bridgehead atoms. The number of benzene rings is 2. The van der Waals surface area contributed by atoms with Crippen LogP contribution in [0, 0.1) is 0 Å². The van der Waals surface area contributed by atoms with Gasteiger partial charge in [0.25, 0.3) is 0 Å². The van der Waals surface area contributed by atoms with Crippen molar-refractivity contribution in [2.24, 2.45) is 0 Å². The second-order valence-electron chi connectivity index (χ2n) is 6.55. The average molecular weight is 319 g/mol. The fourth-order valence-corrected chi connectivity index (χ4v) is 3.11. The van der Waals surface area contributed by atoms with Crippen LogP contribution in [0.25, 0.3) is 11.0 Å². The van der Waals surface area contributed by atoms with E-state index in [4.69, 9.17) is 4.98 Å². The molecule has 2 aromatic carbocycles. The van der Waals surface area contributed by atoms with Crippen molar-refractivity contribution in [3.05, 3.63) is 66.0 Å². The molecule has 0 atom stereocenters. The van der Waals surface area contributed by atoms with E-state index >= 15 is 0 Å². The summed E-state index contributed by atoms with van der Waals surface area (Å²) in [6.07, 6.45) is 2.36. The van der Waals surface area contributed by atoms with Gasteiger partial charge in [-0.1, -0.05) is 42.5 Å². The number of nitrogens with zero attached hydrogens (tertiary/aromatic N) is 3. The lowest BCUT2D eigenvalue weighted by Gasteiger charge is -2.18. The van der Waals surface area contributed by atoms with Gasteiger partial charge in [-0.15, -0.1) is 0 Å². The second-order valence-corrected chi connectivity index (χ2v) is 6.55. The highest BCUT2D eigenvalue weighted by atomic mass is 16.2. The van der Waals surface area contributed by atoms with Gasteiger partial charge in [-0.3, -0.25) is 4.79 Å². The zero-order valence-electron chi connectivity index (χ0n) is 13.9. The van der Waals surface area contributed by atoms with Crippen molar-refractivity contribution in [2.45, 2.75) is 31.8 Å². The number of imidazole rings is 1. The van der Waals surface area contributed by atoms with Crippen molar-refractivity contribution in [3.63, 3.8) is 0 Å². The lowest BCUT2D eigenvalue weighted by molar-refractivity contribution is -0.131. The Morgan fingerprint density at radius 2 is 1.83 bits per heavy atom. The van der Waals surface area contributed by atoms with Gasteiger partial charge in [-0.2, -0.15) is 0 Å². The molecule has 1 fully saturated rings. The van der Waals surface area contributed by atoms with Crippen molar-refractivity contribution in [3.8, 4) is 0 Å². The van der Waals surface area contributed by atoms with Gasteiger partial charge in [-0.25, -0.2) is 4.98 Å². The predicted molar refractivity (Wildman–Crippen MR) is 94.6 cm³/mol. The summed E-state index contributed by atoms with van der Waals surface area (Å²) in [6, 6.07) is 18.2. The normalized spacial score (nSPS) is 14.0. The first-order valence-corrected chi connectivity index (χ1v) is 8.45. The molecule has 24 heavy (non-hydrogen) atoms. The van der Waals surface area contributed by atoms with Gasteiger partial charge >= 0.3 is 0 Å². The molecule has 1 amide bonds. The number of fused-ring (bicyclic) bond motifs is 1. The molecule has 4 rings (SSSR count). The lowest BCUT2D eigenvalue weighted by atomic mass is 10.2. The van der Waals surface area contributed by atoms with E-state index in [1.54, 1.807) is 4.90 Å². The summed E-state index contributed by atoms with van der Waals surface area (Å²) in [5, 5.41) is 0. The third-order valence-electron chi connectivity index (χ3n) is 4.61. The molecule has 0 radical (unpaired) electrons. The van der Waals surface area contributed by atoms with E-state index in [0.29, 0.717) is 19.0 Å². The summed E-state index contributed by atoms with van der Waals surface area (Å²) >= 11 is 0. The van der Waals surface area contributed by atoms with E-state index in [2.05, 4.69) is 10.6 Å². The van der Waals surface area contributed by atoms with Crippen LogP contribution in [-0.4, -0.2) is 27.4 Å². The number of carbonyl (C=O) groups excluding carboxylic acids is 1. The monoisotopic (exact) mass is 319 g/mol. The molecule has 0 unspecified atom stereocenters. The molecule has 1 heterocycles. The van der Waals surface area contributed by atoms with Crippen LogP contribution in [-0.2, 0) is 17.9 Å². The molecule has 1 aromatic heterocycles. The zero-order chi connectivity index (χ0) is 16.5. The summed E-state index contributed by atoms with van der Waals surface area (Å²) in [5.74, 6) is 1.70. The number of para-hydroxylation sites is 2. The highest BCUT2D eigenvalue weighted by molar-refractivity contribution is 5.81. The third-order valence-corrected chi connectivity index (χ3v) is 4.61. The molecule has 0 spiro atoms. The van der Waals surface area contributed by atoms with Crippen molar-refractivity contribution in [1.29, 1.82) is 0 Å². The minimum Gasteiger partial charge on any atom is -0.340 e. The summed E-state index contributed by atoms with van der Waals surface area (Å²) < 4.78 is 2.11. The first kappa shape index (κ1) is 14.9. The Bertz CT molecular complexity index is 865. The van der Waals surface area contributed by atoms with E-state index in [0.717, 1.165) is 22.4 Å². The molecule has 4 heteroatoms. The fraction of sp³-hybridized carbons (Fsp3) is 0.300. The van der Waals surface area contributed by atoms with Gasteiger partial charge < -0.3 is 9.47 Å². The number of carbonyl (C=O) groups is 1. The second kappa shape index (κ2) is 6.11. The van der Waals surface area contributed by atoms with E-state index in [-0.39, 0.29) is 5.91 Å². The first-order valence-electron chi connectivity index (χ1n) is 8.45. The van der Waals surface area contributed by atoms with Crippen molar-refractivity contribution >= 4 is 16.9 Å². The fourth-order valence-electron chi connectivity index (χ4n) is 3.11. The molecule has 122 valence electrons. The van der Waals surface area contributed by atoms with Crippen LogP contribution < -0.4 is 0 Å². The highest BCUT2D eigenvalue weighted by Gasteiger charge is 2.30. The lowest BCUT2D eigenvalue weighted by Crippen LogP contribution is -2.30. The van der Waals surface area contributed by atoms with Crippen LogP contribution in [0.3, 0.4) is 0 Å². The Labute approximate surface area is 141 Å². The van der Waals surface area contributed by atoms with Crippen LogP contribution in [0.2, 0.25) is 0 Å². The Hall–Kier alpha value is -2.62. The summed E-state index contributed by atoms with van der Waals surface area (Å²) in [4.78, 5) is 19.3. The van der Waals surface area contributed by atoms with Crippen molar-refractivity contribution in [2.75, 3.05) is 7.05 Å². The number of hydrogen-bond acceptors (Lipinski definition) is 2. The van der Waals surface area contributed by atoms with Gasteiger partial charge in [-0.05, 0) is 30.5 Å². The zero-order valence-corrected chi connectivity index (χ0v) is 13.9. The van der Waals surface area contributed by atoms with Gasteiger partial charge in [0, 0.05) is 19.5 Å². The van der Waals surface area contributed by atoms with Crippen molar-refractivity contribution in [1.82, 2.24) is 14.5 Å². The van der Waals surface area contributed by atoms with Crippen LogP contribution in [0.1, 0.15) is 30.1 Å². The number of amides is 1. The Morgan fingerprint density at radius 1 is 1.12 bits per heavy atom. The SMILES string of the molecule is CN(Cc1ccccc1)C(=O)Cn1c(C2CC2)nc2ccccc21. The molecule has 0 aliphatic heterocycles. The molecule has 0 N–H and O–H groups in total. The van der Waals surface area contributed by atoms with Gasteiger partial charge in [0.05, 0.1) is 11.0 Å². The Balaban J connectivity index is 1.57. The number of hydrogen-bond donors (Lipinski definition) is 0. The topological polar surface area (TPSA) is 38.1 Å². The Kier molecular flexibility index (Phi) is 3.81. The first-order chi connectivity index (χ1) is 11.7. The van der Waals surface area contributed by atoms with E-state index in [9.17, 15) is 4.79 Å². The number of rotatable bonds is 5. The molecule has 1 aliphatic rings. The minimum absolute atomic E-state index is 0.115. The maximum Gasteiger partial charge on any atom is 0.242 e. The van der Waals surface area contributed by atoms with Crippen molar-refractivity contribution < 1.29 is 4.79 Å². The molecule has 3 aromatic rings. The largest absolute Gasteiger partial charge is 0.340 e. The molecule has 0 saturated heterocycles. The molecule has 1 saturated carbocycles. The third kappa shape index (κ3) is 2.92. The average Bonchev–Trinajstić information content (AvgIpc) is 3.39. The van der Waals surface area contributed by atoms with Crippen LogP contribution in [0.15, 0.2) is 54.6 Å². The maximum atomic E-state index is 12.7. The molecule has 4 nitrogen and oxygen atoms in total. The van der Waals surface area contributed by atoms with Gasteiger partial charge in [0.15, 0.2) is 0 Å². The van der Waals surface area contributed by atoms with Gasteiger partial charge in [0.1, 0.15) is 12.4 Å². The molecular weight excluding hydrogens is 298 g/mol. The predicted octanol–water partition coefficient (Wildman–Crippen LogP) is 3.57. The van der Waals surface area contributed by atoms with Gasteiger partial charge in [0.2, 0.25) is 5.91 Å². The van der Waals surface area contributed by atoms with E-state index in [1.165, 1.54) is 12.8 Å². The maximum absolute atomic E-state index is 12.7.